The van der Waals surface area contributed by atoms with Crippen LogP contribution in [0.3, 0.4) is 0 Å². The zero-order valence-electron chi connectivity index (χ0n) is 6.52. The Hall–Kier alpha value is 0.700. The molecular formula is C7H16S2. The molecule has 0 aliphatic heterocycles. The SMILES string of the molecule is CCCCSSC(C)C. The first-order chi connectivity index (χ1) is 4.27. The smallest absolute Gasteiger partial charge is 0.00944 e. The molecule has 0 spiro atoms. The second-order valence-electron chi connectivity index (χ2n) is 2.32. The average molecular weight is 164 g/mol. The highest BCUT2D eigenvalue weighted by molar-refractivity contribution is 8.76. The van der Waals surface area contributed by atoms with E-state index in [9.17, 15) is 0 Å². The molecule has 9 heavy (non-hydrogen) atoms. The molecule has 0 aliphatic rings. The van der Waals surface area contributed by atoms with Crippen LogP contribution in [-0.2, 0) is 0 Å². The van der Waals surface area contributed by atoms with Crippen molar-refractivity contribution in [3.8, 4) is 0 Å². The van der Waals surface area contributed by atoms with Crippen molar-refractivity contribution in [3.63, 3.8) is 0 Å². The molecule has 0 rings (SSSR count). The Morgan fingerprint density at radius 2 is 2.00 bits per heavy atom. The molecule has 0 saturated heterocycles. The molecule has 0 amide bonds. The molecule has 0 aromatic carbocycles. The van der Waals surface area contributed by atoms with Gasteiger partial charge in [0.25, 0.3) is 0 Å². The molecule has 0 nitrogen and oxygen atoms in total. The van der Waals surface area contributed by atoms with Gasteiger partial charge in [0.1, 0.15) is 0 Å². The van der Waals surface area contributed by atoms with Crippen LogP contribution in [-0.4, -0.2) is 11.0 Å². The minimum absolute atomic E-state index is 0.784. The quantitative estimate of drug-likeness (QED) is 0.450. The molecule has 2 heteroatoms. The summed E-state index contributed by atoms with van der Waals surface area (Å²) in [5, 5.41) is 0.784. The number of rotatable bonds is 5. The lowest BCUT2D eigenvalue weighted by atomic mass is 10.4. The Kier molecular flexibility index (Phi) is 7.34. The molecule has 0 aromatic rings. The van der Waals surface area contributed by atoms with E-state index < -0.39 is 0 Å². The van der Waals surface area contributed by atoms with Crippen LogP contribution >= 0.6 is 21.6 Å². The van der Waals surface area contributed by atoms with Gasteiger partial charge in [-0.25, -0.2) is 0 Å². The van der Waals surface area contributed by atoms with Gasteiger partial charge < -0.3 is 0 Å². The van der Waals surface area contributed by atoms with E-state index in [0.717, 1.165) is 5.25 Å². The van der Waals surface area contributed by atoms with Gasteiger partial charge in [-0.2, -0.15) is 0 Å². The first kappa shape index (κ1) is 9.70. The first-order valence-corrected chi connectivity index (χ1v) is 5.93. The van der Waals surface area contributed by atoms with Gasteiger partial charge in [0.15, 0.2) is 0 Å². The Morgan fingerprint density at radius 3 is 2.44 bits per heavy atom. The molecule has 0 heterocycles. The topological polar surface area (TPSA) is 0 Å². The largest absolute Gasteiger partial charge is 0.0939 e. The highest BCUT2D eigenvalue weighted by Gasteiger charge is 1.92. The maximum absolute atomic E-state index is 2.24. The third-order valence-corrected chi connectivity index (χ3v) is 3.88. The van der Waals surface area contributed by atoms with Gasteiger partial charge in [0, 0.05) is 11.0 Å². The Morgan fingerprint density at radius 1 is 1.33 bits per heavy atom. The van der Waals surface area contributed by atoms with Crippen molar-refractivity contribution >= 4 is 21.6 Å². The molecule has 0 radical (unpaired) electrons. The van der Waals surface area contributed by atoms with Crippen LogP contribution in [0.1, 0.15) is 33.6 Å². The zero-order chi connectivity index (χ0) is 7.11. The molecule has 0 N–H and O–H groups in total. The van der Waals surface area contributed by atoms with Gasteiger partial charge in [-0.05, 0) is 6.42 Å². The van der Waals surface area contributed by atoms with Crippen LogP contribution in [0.5, 0.6) is 0 Å². The maximum Gasteiger partial charge on any atom is 0.00944 e. The predicted molar refractivity (Wildman–Crippen MR) is 50.1 cm³/mol. The molecule has 0 saturated carbocycles. The maximum atomic E-state index is 2.24. The minimum atomic E-state index is 0.784. The van der Waals surface area contributed by atoms with E-state index in [4.69, 9.17) is 0 Å². The minimum Gasteiger partial charge on any atom is -0.0939 e. The molecule has 0 bridgehead atoms. The van der Waals surface area contributed by atoms with Crippen molar-refractivity contribution in [2.75, 3.05) is 5.75 Å². The fourth-order valence-electron chi connectivity index (χ4n) is 0.387. The zero-order valence-corrected chi connectivity index (χ0v) is 8.15. The normalized spacial score (nSPS) is 10.7. The summed E-state index contributed by atoms with van der Waals surface area (Å²) in [6.45, 7) is 6.72. The van der Waals surface area contributed by atoms with Crippen molar-refractivity contribution in [1.82, 2.24) is 0 Å². The molecule has 0 unspecified atom stereocenters. The summed E-state index contributed by atoms with van der Waals surface area (Å²) in [5.41, 5.74) is 0. The molecule has 0 atom stereocenters. The first-order valence-electron chi connectivity index (χ1n) is 3.55. The number of hydrogen-bond donors (Lipinski definition) is 0. The summed E-state index contributed by atoms with van der Waals surface area (Å²) >= 11 is 0. The van der Waals surface area contributed by atoms with E-state index in [2.05, 4.69) is 20.8 Å². The van der Waals surface area contributed by atoms with Gasteiger partial charge in [-0.15, -0.1) is 0 Å². The lowest BCUT2D eigenvalue weighted by Gasteiger charge is -2.01. The van der Waals surface area contributed by atoms with E-state index in [0.29, 0.717) is 0 Å². The van der Waals surface area contributed by atoms with Crippen LogP contribution < -0.4 is 0 Å². The third kappa shape index (κ3) is 8.70. The summed E-state index contributed by atoms with van der Waals surface area (Å²) in [5.74, 6) is 1.32. The lowest BCUT2D eigenvalue weighted by Crippen LogP contribution is -1.82. The second kappa shape index (κ2) is 6.81. The number of unbranched alkanes of at least 4 members (excludes halogenated alkanes) is 1. The Labute approximate surface area is 66.6 Å². The monoisotopic (exact) mass is 164 g/mol. The molecular weight excluding hydrogens is 148 g/mol. The van der Waals surface area contributed by atoms with E-state index >= 15 is 0 Å². The van der Waals surface area contributed by atoms with Crippen LogP contribution in [0, 0.1) is 0 Å². The fraction of sp³-hybridized carbons (Fsp3) is 1.00. The highest BCUT2D eigenvalue weighted by Crippen LogP contribution is 2.26. The summed E-state index contributed by atoms with van der Waals surface area (Å²) in [6.07, 6.45) is 2.69. The van der Waals surface area contributed by atoms with Gasteiger partial charge >= 0.3 is 0 Å². The van der Waals surface area contributed by atoms with E-state index in [-0.39, 0.29) is 0 Å². The van der Waals surface area contributed by atoms with Crippen molar-refractivity contribution < 1.29 is 0 Å². The van der Waals surface area contributed by atoms with Gasteiger partial charge in [0.2, 0.25) is 0 Å². The van der Waals surface area contributed by atoms with Crippen molar-refractivity contribution in [2.45, 2.75) is 38.9 Å². The summed E-state index contributed by atoms with van der Waals surface area (Å²) in [7, 11) is 3.99. The molecule has 0 fully saturated rings. The highest BCUT2D eigenvalue weighted by atomic mass is 33.1. The van der Waals surface area contributed by atoms with E-state index in [1.807, 2.05) is 21.6 Å². The Bertz CT molecular complexity index is 52.9. The van der Waals surface area contributed by atoms with Crippen LogP contribution in [0.25, 0.3) is 0 Å². The standard InChI is InChI=1S/C7H16S2/c1-4-5-6-8-9-7(2)3/h7H,4-6H2,1-3H3. The summed E-state index contributed by atoms with van der Waals surface area (Å²) < 4.78 is 0. The summed E-state index contributed by atoms with van der Waals surface area (Å²) in [4.78, 5) is 0. The Balaban J connectivity index is 2.75. The summed E-state index contributed by atoms with van der Waals surface area (Å²) in [6, 6.07) is 0. The number of hydrogen-bond acceptors (Lipinski definition) is 2. The third-order valence-electron chi connectivity index (χ3n) is 0.842. The van der Waals surface area contributed by atoms with Crippen molar-refractivity contribution in [1.29, 1.82) is 0 Å². The lowest BCUT2D eigenvalue weighted by molar-refractivity contribution is 0.898. The fourth-order valence-corrected chi connectivity index (χ4v) is 2.62. The van der Waals surface area contributed by atoms with Gasteiger partial charge in [-0.1, -0.05) is 48.8 Å². The van der Waals surface area contributed by atoms with Crippen molar-refractivity contribution in [2.24, 2.45) is 0 Å². The van der Waals surface area contributed by atoms with Gasteiger partial charge in [-0.3, -0.25) is 0 Å². The van der Waals surface area contributed by atoms with Gasteiger partial charge in [0.05, 0.1) is 0 Å². The van der Waals surface area contributed by atoms with E-state index in [1.54, 1.807) is 0 Å². The van der Waals surface area contributed by atoms with Crippen LogP contribution in [0.15, 0.2) is 0 Å². The average Bonchev–Trinajstić information content (AvgIpc) is 1.80. The second-order valence-corrected chi connectivity index (χ2v) is 5.38. The molecule has 0 aliphatic carbocycles. The predicted octanol–water partition coefficient (Wildman–Crippen LogP) is 3.58. The van der Waals surface area contributed by atoms with Crippen LogP contribution in [0.4, 0.5) is 0 Å². The molecule has 56 valence electrons. The van der Waals surface area contributed by atoms with Crippen LogP contribution in [0.2, 0.25) is 0 Å². The van der Waals surface area contributed by atoms with Crippen molar-refractivity contribution in [3.05, 3.63) is 0 Å². The van der Waals surface area contributed by atoms with E-state index in [1.165, 1.54) is 18.6 Å². The molecule has 0 aromatic heterocycles.